The van der Waals surface area contributed by atoms with Crippen molar-refractivity contribution >= 4 is 11.8 Å². The Kier molecular flexibility index (Phi) is 7.64. The van der Waals surface area contributed by atoms with E-state index in [0.29, 0.717) is 25.3 Å². The molecule has 106 valence electrons. The van der Waals surface area contributed by atoms with Crippen LogP contribution in [0.1, 0.15) is 53.9 Å². The molecule has 4 heteroatoms. The summed E-state index contributed by atoms with van der Waals surface area (Å²) in [4.78, 5) is 23.0. The van der Waals surface area contributed by atoms with Crippen LogP contribution in [0, 0.1) is 11.3 Å². The monoisotopic (exact) mass is 256 g/mol. The van der Waals surface area contributed by atoms with Crippen LogP contribution in [0.2, 0.25) is 0 Å². The first kappa shape index (κ1) is 16.9. The highest BCUT2D eigenvalue weighted by Gasteiger charge is 2.20. The fraction of sp³-hybridized carbons (Fsp3) is 0.857. The Hall–Kier alpha value is -1.06. The van der Waals surface area contributed by atoms with E-state index in [-0.39, 0.29) is 17.2 Å². The van der Waals surface area contributed by atoms with E-state index in [9.17, 15) is 9.59 Å². The molecule has 0 aromatic heterocycles. The molecule has 0 radical (unpaired) electrons. The molecule has 0 rings (SSSR count). The van der Waals surface area contributed by atoms with Crippen molar-refractivity contribution in [3.8, 4) is 0 Å². The zero-order valence-electron chi connectivity index (χ0n) is 12.4. The molecule has 0 aromatic carbocycles. The summed E-state index contributed by atoms with van der Waals surface area (Å²) in [5.74, 6) is 0.708. The number of amides is 2. The van der Waals surface area contributed by atoms with Gasteiger partial charge in [0, 0.05) is 24.9 Å². The second kappa shape index (κ2) is 8.11. The smallest absolute Gasteiger partial charge is 0.225 e. The van der Waals surface area contributed by atoms with E-state index >= 15 is 0 Å². The summed E-state index contributed by atoms with van der Waals surface area (Å²) in [6, 6.07) is 0. The maximum absolute atomic E-state index is 11.5. The fourth-order valence-electron chi connectivity index (χ4n) is 1.30. The lowest BCUT2D eigenvalue weighted by atomic mass is 9.96. The van der Waals surface area contributed by atoms with Crippen molar-refractivity contribution in [1.82, 2.24) is 10.6 Å². The molecule has 0 unspecified atom stereocenters. The molecule has 0 heterocycles. The minimum Gasteiger partial charge on any atom is -0.356 e. The summed E-state index contributed by atoms with van der Waals surface area (Å²) in [6.45, 7) is 11.2. The van der Waals surface area contributed by atoms with Crippen molar-refractivity contribution in [2.45, 2.75) is 53.9 Å². The van der Waals surface area contributed by atoms with Gasteiger partial charge in [-0.15, -0.1) is 0 Å². The van der Waals surface area contributed by atoms with Gasteiger partial charge >= 0.3 is 0 Å². The molecule has 18 heavy (non-hydrogen) atoms. The molecule has 0 aliphatic rings. The predicted molar refractivity (Wildman–Crippen MR) is 74.2 cm³/mol. The molecular formula is C14H28N2O2. The van der Waals surface area contributed by atoms with Crippen molar-refractivity contribution < 1.29 is 9.59 Å². The van der Waals surface area contributed by atoms with Gasteiger partial charge in [-0.25, -0.2) is 0 Å². The summed E-state index contributed by atoms with van der Waals surface area (Å²) in [5, 5.41) is 5.71. The predicted octanol–water partition coefficient (Wildman–Crippen LogP) is 2.09. The van der Waals surface area contributed by atoms with E-state index in [2.05, 4.69) is 24.5 Å². The van der Waals surface area contributed by atoms with E-state index in [1.54, 1.807) is 0 Å². The lowest BCUT2D eigenvalue weighted by molar-refractivity contribution is -0.128. The van der Waals surface area contributed by atoms with Gasteiger partial charge in [-0.3, -0.25) is 9.59 Å². The number of carbonyl (C=O) groups is 2. The summed E-state index contributed by atoms with van der Waals surface area (Å²) < 4.78 is 0. The maximum Gasteiger partial charge on any atom is 0.225 e. The molecule has 4 nitrogen and oxygen atoms in total. The largest absolute Gasteiger partial charge is 0.356 e. The van der Waals surface area contributed by atoms with Gasteiger partial charge < -0.3 is 10.6 Å². The number of nitrogens with one attached hydrogen (secondary N) is 2. The number of carbonyl (C=O) groups excluding carboxylic acids is 2. The fourth-order valence-corrected chi connectivity index (χ4v) is 1.30. The Bertz CT molecular complexity index is 267. The first-order chi connectivity index (χ1) is 8.23. The van der Waals surface area contributed by atoms with Gasteiger partial charge in [0.15, 0.2) is 0 Å². The zero-order chi connectivity index (χ0) is 14.2. The highest BCUT2D eigenvalue weighted by atomic mass is 16.2. The molecule has 0 saturated carbocycles. The summed E-state index contributed by atoms with van der Waals surface area (Å²) in [6.07, 6.45) is 2.17. The van der Waals surface area contributed by atoms with Crippen LogP contribution in [0.3, 0.4) is 0 Å². The van der Waals surface area contributed by atoms with Gasteiger partial charge in [0.1, 0.15) is 0 Å². The third-order valence-electron chi connectivity index (χ3n) is 2.59. The summed E-state index contributed by atoms with van der Waals surface area (Å²) in [7, 11) is 0. The van der Waals surface area contributed by atoms with Crippen LogP contribution in [0.15, 0.2) is 0 Å². The van der Waals surface area contributed by atoms with Crippen LogP contribution < -0.4 is 10.6 Å². The zero-order valence-corrected chi connectivity index (χ0v) is 12.4. The van der Waals surface area contributed by atoms with Crippen molar-refractivity contribution in [2.75, 3.05) is 13.1 Å². The van der Waals surface area contributed by atoms with Crippen LogP contribution in [-0.4, -0.2) is 24.9 Å². The van der Waals surface area contributed by atoms with E-state index in [1.165, 1.54) is 0 Å². The van der Waals surface area contributed by atoms with Crippen LogP contribution in [0.25, 0.3) is 0 Å². The highest BCUT2D eigenvalue weighted by Crippen LogP contribution is 2.12. The van der Waals surface area contributed by atoms with Crippen molar-refractivity contribution in [3.63, 3.8) is 0 Å². The average Bonchev–Trinajstić information content (AvgIpc) is 2.22. The quantitative estimate of drug-likeness (QED) is 0.685. The summed E-state index contributed by atoms with van der Waals surface area (Å²) >= 11 is 0. The first-order valence-electron chi connectivity index (χ1n) is 6.78. The Morgan fingerprint density at radius 2 is 1.67 bits per heavy atom. The van der Waals surface area contributed by atoms with Gasteiger partial charge in [0.25, 0.3) is 0 Å². The normalized spacial score (nSPS) is 11.4. The lowest BCUT2D eigenvalue weighted by Gasteiger charge is -2.17. The molecule has 0 aliphatic carbocycles. The van der Waals surface area contributed by atoms with Crippen LogP contribution in [0.4, 0.5) is 0 Å². The minimum absolute atomic E-state index is 0.0303. The molecule has 0 saturated heterocycles. The second-order valence-electron chi connectivity index (χ2n) is 6.14. The molecule has 2 N–H and O–H groups in total. The SMILES string of the molecule is CC(C)CCNC(=O)CCCNC(=O)C(C)(C)C. The van der Waals surface area contributed by atoms with Crippen LogP contribution in [0.5, 0.6) is 0 Å². The third kappa shape index (κ3) is 9.02. The topological polar surface area (TPSA) is 58.2 Å². The molecule has 0 bridgehead atoms. The minimum atomic E-state index is -0.362. The van der Waals surface area contributed by atoms with Gasteiger partial charge in [0.2, 0.25) is 11.8 Å². The van der Waals surface area contributed by atoms with Gasteiger partial charge in [0.05, 0.1) is 0 Å². The van der Waals surface area contributed by atoms with Gasteiger partial charge in [-0.05, 0) is 18.8 Å². The highest BCUT2D eigenvalue weighted by molar-refractivity contribution is 5.81. The average molecular weight is 256 g/mol. The van der Waals surface area contributed by atoms with E-state index in [0.717, 1.165) is 13.0 Å². The third-order valence-corrected chi connectivity index (χ3v) is 2.59. The molecule has 2 amide bonds. The van der Waals surface area contributed by atoms with E-state index in [4.69, 9.17) is 0 Å². The van der Waals surface area contributed by atoms with E-state index in [1.807, 2.05) is 20.8 Å². The number of rotatable bonds is 7. The number of hydrogen-bond acceptors (Lipinski definition) is 2. The Morgan fingerprint density at radius 3 is 2.17 bits per heavy atom. The summed E-state index contributed by atoms with van der Waals surface area (Å²) in [5.41, 5.74) is -0.362. The molecule has 0 aliphatic heterocycles. The van der Waals surface area contributed by atoms with E-state index < -0.39 is 0 Å². The first-order valence-corrected chi connectivity index (χ1v) is 6.78. The maximum atomic E-state index is 11.5. The molecular weight excluding hydrogens is 228 g/mol. The molecule has 0 fully saturated rings. The Labute approximate surface area is 111 Å². The second-order valence-corrected chi connectivity index (χ2v) is 6.14. The number of hydrogen-bond donors (Lipinski definition) is 2. The van der Waals surface area contributed by atoms with Crippen molar-refractivity contribution in [2.24, 2.45) is 11.3 Å². The van der Waals surface area contributed by atoms with Crippen LogP contribution in [-0.2, 0) is 9.59 Å². The molecule has 0 atom stereocenters. The lowest BCUT2D eigenvalue weighted by Crippen LogP contribution is -2.35. The van der Waals surface area contributed by atoms with Gasteiger partial charge in [-0.1, -0.05) is 34.6 Å². The van der Waals surface area contributed by atoms with Gasteiger partial charge in [-0.2, -0.15) is 0 Å². The Morgan fingerprint density at radius 1 is 1.06 bits per heavy atom. The molecule has 0 spiro atoms. The Balaban J connectivity index is 3.55. The molecule has 0 aromatic rings. The standard InChI is InChI=1S/C14H28N2O2/c1-11(2)8-10-15-12(17)7-6-9-16-13(18)14(3,4)5/h11H,6-10H2,1-5H3,(H,15,17)(H,16,18). The van der Waals surface area contributed by atoms with Crippen molar-refractivity contribution in [3.05, 3.63) is 0 Å². The van der Waals surface area contributed by atoms with Crippen molar-refractivity contribution in [1.29, 1.82) is 0 Å². The van der Waals surface area contributed by atoms with Crippen LogP contribution >= 0.6 is 0 Å².